The number of halogens is 3. The first-order valence-electron chi connectivity index (χ1n) is 10.8. The van der Waals surface area contributed by atoms with Crippen LogP contribution >= 0.6 is 0 Å². The molecule has 34 heavy (non-hydrogen) atoms. The summed E-state index contributed by atoms with van der Waals surface area (Å²) >= 11 is 0. The van der Waals surface area contributed by atoms with E-state index in [1.807, 2.05) is 0 Å². The van der Waals surface area contributed by atoms with Gasteiger partial charge >= 0.3 is 6.18 Å². The average molecular weight is 478 g/mol. The number of hydrogen-bond donors (Lipinski definition) is 0. The number of fused-ring (bicyclic) bond motifs is 1. The first-order valence-corrected chi connectivity index (χ1v) is 10.8. The van der Waals surface area contributed by atoms with E-state index in [2.05, 4.69) is 10.1 Å². The molecule has 0 bridgehead atoms. The van der Waals surface area contributed by atoms with Crippen LogP contribution in [-0.2, 0) is 6.18 Å². The number of benzene rings is 1. The zero-order valence-electron chi connectivity index (χ0n) is 19.1. The second kappa shape index (κ2) is 9.40. The Hall–Kier alpha value is -3.50. The van der Waals surface area contributed by atoms with Crippen molar-refractivity contribution in [1.82, 2.24) is 19.5 Å². The van der Waals surface area contributed by atoms with Crippen molar-refractivity contribution in [3.63, 3.8) is 0 Å². The average Bonchev–Trinajstić information content (AvgIpc) is 3.06. The summed E-state index contributed by atoms with van der Waals surface area (Å²) in [6.45, 7) is 1.10. The van der Waals surface area contributed by atoms with E-state index in [4.69, 9.17) is 14.2 Å². The molecule has 0 atom stereocenters. The van der Waals surface area contributed by atoms with E-state index < -0.39 is 11.9 Å². The SMILES string of the molecule is COc1cc(-c2cc(C(F)(F)F)n3ncc(C(=O)N4CCCCCC4)c3n2)cc(OC)c1OC. The molecule has 1 aliphatic heterocycles. The number of likely N-dealkylation sites (tertiary alicyclic amines) is 1. The molecule has 1 amide bonds. The first kappa shape index (κ1) is 23.7. The minimum Gasteiger partial charge on any atom is -0.493 e. The van der Waals surface area contributed by atoms with Crippen LogP contribution in [0.4, 0.5) is 13.2 Å². The van der Waals surface area contributed by atoms with Gasteiger partial charge in [0, 0.05) is 18.7 Å². The third-order valence-corrected chi connectivity index (χ3v) is 5.85. The van der Waals surface area contributed by atoms with E-state index in [-0.39, 0.29) is 34.3 Å². The molecular formula is C23H25F3N4O4. The van der Waals surface area contributed by atoms with Crippen molar-refractivity contribution in [3.8, 4) is 28.5 Å². The van der Waals surface area contributed by atoms with Crippen molar-refractivity contribution < 1.29 is 32.2 Å². The lowest BCUT2D eigenvalue weighted by Gasteiger charge is -2.19. The van der Waals surface area contributed by atoms with Crippen LogP contribution in [0.15, 0.2) is 24.4 Å². The summed E-state index contributed by atoms with van der Waals surface area (Å²) in [5.74, 6) is 0.453. The van der Waals surface area contributed by atoms with E-state index in [9.17, 15) is 18.0 Å². The summed E-state index contributed by atoms with van der Waals surface area (Å²) in [4.78, 5) is 19.3. The van der Waals surface area contributed by atoms with Crippen LogP contribution in [-0.4, -0.2) is 59.8 Å². The Morgan fingerprint density at radius 2 is 1.56 bits per heavy atom. The molecule has 2 aromatic heterocycles. The molecule has 8 nitrogen and oxygen atoms in total. The van der Waals surface area contributed by atoms with Crippen molar-refractivity contribution in [2.75, 3.05) is 34.4 Å². The highest BCUT2D eigenvalue weighted by molar-refractivity contribution is 6.00. The molecule has 1 aliphatic rings. The number of carbonyl (C=O) groups is 1. The van der Waals surface area contributed by atoms with Crippen molar-refractivity contribution in [2.45, 2.75) is 31.9 Å². The number of ether oxygens (including phenoxy) is 3. The summed E-state index contributed by atoms with van der Waals surface area (Å²) < 4.78 is 58.6. The fourth-order valence-corrected chi connectivity index (χ4v) is 4.14. The van der Waals surface area contributed by atoms with Gasteiger partial charge in [0.05, 0.1) is 33.2 Å². The Balaban J connectivity index is 1.90. The minimum atomic E-state index is -4.73. The summed E-state index contributed by atoms with van der Waals surface area (Å²) in [7, 11) is 4.25. The quantitative estimate of drug-likeness (QED) is 0.539. The van der Waals surface area contributed by atoms with Crippen LogP contribution in [0.3, 0.4) is 0 Å². The number of carbonyl (C=O) groups excluding carboxylic acids is 1. The van der Waals surface area contributed by atoms with Crippen molar-refractivity contribution in [1.29, 1.82) is 0 Å². The van der Waals surface area contributed by atoms with Crippen LogP contribution in [0.25, 0.3) is 16.9 Å². The molecule has 0 saturated carbocycles. The molecule has 0 radical (unpaired) electrons. The molecule has 182 valence electrons. The molecule has 1 saturated heterocycles. The zero-order chi connectivity index (χ0) is 24.5. The van der Waals surface area contributed by atoms with Gasteiger partial charge in [-0.05, 0) is 31.0 Å². The van der Waals surface area contributed by atoms with Gasteiger partial charge in [0.2, 0.25) is 5.75 Å². The maximum Gasteiger partial charge on any atom is 0.433 e. The van der Waals surface area contributed by atoms with Gasteiger partial charge in [-0.2, -0.15) is 18.3 Å². The molecule has 3 heterocycles. The van der Waals surface area contributed by atoms with E-state index in [1.165, 1.54) is 33.5 Å². The van der Waals surface area contributed by atoms with Crippen molar-refractivity contribution in [3.05, 3.63) is 35.7 Å². The Kier molecular flexibility index (Phi) is 6.54. The van der Waals surface area contributed by atoms with E-state index in [1.54, 1.807) is 4.90 Å². The molecule has 0 N–H and O–H groups in total. The number of alkyl halides is 3. The van der Waals surface area contributed by atoms with Crippen LogP contribution in [0.2, 0.25) is 0 Å². The lowest BCUT2D eigenvalue weighted by Crippen LogP contribution is -2.31. The van der Waals surface area contributed by atoms with E-state index in [0.29, 0.717) is 28.9 Å². The summed E-state index contributed by atoms with van der Waals surface area (Å²) in [5.41, 5.74) is -0.882. The third kappa shape index (κ3) is 4.34. The molecule has 1 aromatic carbocycles. The molecule has 11 heteroatoms. The molecule has 1 fully saturated rings. The normalized spacial score (nSPS) is 14.7. The third-order valence-electron chi connectivity index (χ3n) is 5.85. The van der Waals surface area contributed by atoms with Gasteiger partial charge < -0.3 is 19.1 Å². The molecule has 4 rings (SSSR count). The summed E-state index contributed by atoms with van der Waals surface area (Å²) in [6.07, 6.45) is 0.154. The Morgan fingerprint density at radius 1 is 0.941 bits per heavy atom. The number of aromatic nitrogens is 3. The van der Waals surface area contributed by atoms with Gasteiger partial charge in [-0.1, -0.05) is 12.8 Å². The van der Waals surface area contributed by atoms with Gasteiger partial charge in [0.25, 0.3) is 5.91 Å². The van der Waals surface area contributed by atoms with Gasteiger partial charge in [0.1, 0.15) is 5.56 Å². The summed E-state index contributed by atoms with van der Waals surface area (Å²) in [5, 5.41) is 3.87. The molecule has 0 spiro atoms. The fourth-order valence-electron chi connectivity index (χ4n) is 4.14. The Morgan fingerprint density at radius 3 is 2.09 bits per heavy atom. The van der Waals surface area contributed by atoms with Crippen LogP contribution in [0.5, 0.6) is 17.2 Å². The number of amides is 1. The molecule has 0 unspecified atom stereocenters. The van der Waals surface area contributed by atoms with Crippen LogP contribution < -0.4 is 14.2 Å². The largest absolute Gasteiger partial charge is 0.493 e. The maximum atomic E-state index is 14.0. The Labute approximate surface area is 194 Å². The van der Waals surface area contributed by atoms with Gasteiger partial charge in [-0.25, -0.2) is 9.50 Å². The Bertz CT molecular complexity index is 1180. The van der Waals surface area contributed by atoms with Gasteiger partial charge in [-0.3, -0.25) is 4.79 Å². The van der Waals surface area contributed by atoms with E-state index in [0.717, 1.165) is 37.9 Å². The number of methoxy groups -OCH3 is 3. The predicted octanol–water partition coefficient (Wildman–Crippen LogP) is 4.46. The highest BCUT2D eigenvalue weighted by atomic mass is 19.4. The number of nitrogens with zero attached hydrogens (tertiary/aromatic N) is 4. The lowest BCUT2D eigenvalue weighted by atomic mass is 10.1. The number of hydrogen-bond acceptors (Lipinski definition) is 6. The maximum absolute atomic E-state index is 14.0. The second-order valence-corrected chi connectivity index (χ2v) is 7.94. The van der Waals surface area contributed by atoms with Crippen molar-refractivity contribution >= 4 is 11.6 Å². The van der Waals surface area contributed by atoms with Gasteiger partial charge in [0.15, 0.2) is 22.8 Å². The zero-order valence-corrected chi connectivity index (χ0v) is 19.1. The predicted molar refractivity (Wildman–Crippen MR) is 117 cm³/mol. The highest BCUT2D eigenvalue weighted by Crippen LogP contribution is 2.42. The first-order chi connectivity index (χ1) is 16.3. The molecule has 0 aliphatic carbocycles. The van der Waals surface area contributed by atoms with E-state index >= 15 is 0 Å². The summed E-state index contributed by atoms with van der Waals surface area (Å²) in [6, 6.07) is 3.90. The van der Waals surface area contributed by atoms with Crippen LogP contribution in [0, 0.1) is 0 Å². The second-order valence-electron chi connectivity index (χ2n) is 7.94. The lowest BCUT2D eigenvalue weighted by molar-refractivity contribution is -0.142. The fraction of sp³-hybridized carbons (Fsp3) is 0.435. The molecule has 3 aromatic rings. The monoisotopic (exact) mass is 478 g/mol. The smallest absolute Gasteiger partial charge is 0.433 e. The van der Waals surface area contributed by atoms with Crippen molar-refractivity contribution in [2.24, 2.45) is 0 Å². The minimum absolute atomic E-state index is 0.00973. The van der Waals surface area contributed by atoms with Gasteiger partial charge in [-0.15, -0.1) is 0 Å². The number of rotatable bonds is 5. The highest BCUT2D eigenvalue weighted by Gasteiger charge is 2.36. The topological polar surface area (TPSA) is 78.2 Å². The van der Waals surface area contributed by atoms with Crippen LogP contribution in [0.1, 0.15) is 41.7 Å². The standard InChI is InChI=1S/C23H25F3N4O4/c1-32-17-10-14(11-18(33-2)20(17)34-3)16-12-19(23(24,25)26)30-21(28-16)15(13-27-30)22(31)29-8-6-4-5-7-9-29/h10-13H,4-9H2,1-3H3. The molecular weight excluding hydrogens is 453 g/mol.